The zero-order valence-corrected chi connectivity index (χ0v) is 4.71. The standard InChI is InChI=1S/C6H11F/c1-3-4-6(2)5-7/h2-5H2,1H3. The highest BCUT2D eigenvalue weighted by atomic mass is 19.1. The minimum absolute atomic E-state index is 0.353. The third-order valence-electron chi connectivity index (χ3n) is 0.793. The quantitative estimate of drug-likeness (QED) is 0.480. The van der Waals surface area contributed by atoms with Gasteiger partial charge in [0.05, 0.1) is 0 Å². The van der Waals surface area contributed by atoms with E-state index in [2.05, 4.69) is 6.58 Å². The molecule has 0 bridgehead atoms. The van der Waals surface area contributed by atoms with E-state index in [0.29, 0.717) is 5.57 Å². The summed E-state index contributed by atoms with van der Waals surface area (Å²) in [4.78, 5) is 0. The van der Waals surface area contributed by atoms with Crippen LogP contribution in [0.4, 0.5) is 4.39 Å². The molecule has 0 N–H and O–H groups in total. The fourth-order valence-corrected chi connectivity index (χ4v) is 0.420. The van der Waals surface area contributed by atoms with E-state index in [9.17, 15) is 4.39 Å². The van der Waals surface area contributed by atoms with Crippen LogP contribution in [0.15, 0.2) is 12.2 Å². The van der Waals surface area contributed by atoms with Crippen LogP contribution < -0.4 is 0 Å². The molecule has 0 saturated carbocycles. The number of halogens is 1. The topological polar surface area (TPSA) is 0 Å². The van der Waals surface area contributed by atoms with Gasteiger partial charge in [0, 0.05) is 0 Å². The Morgan fingerprint density at radius 3 is 2.43 bits per heavy atom. The molecule has 0 amide bonds. The average Bonchev–Trinajstić information content (AvgIpc) is 1.68. The molecule has 0 aromatic carbocycles. The van der Waals surface area contributed by atoms with E-state index in [1.54, 1.807) is 0 Å². The monoisotopic (exact) mass is 102 g/mol. The minimum atomic E-state index is -0.353. The largest absolute Gasteiger partial charge is 0.246 e. The molecule has 0 unspecified atom stereocenters. The molecule has 7 heavy (non-hydrogen) atoms. The fraction of sp³-hybridized carbons (Fsp3) is 0.667. The molecule has 0 aliphatic carbocycles. The van der Waals surface area contributed by atoms with Gasteiger partial charge in [0.2, 0.25) is 0 Å². The lowest BCUT2D eigenvalue weighted by Gasteiger charge is -1.91. The van der Waals surface area contributed by atoms with Gasteiger partial charge in [0.1, 0.15) is 6.67 Å². The van der Waals surface area contributed by atoms with Gasteiger partial charge in [0.15, 0.2) is 0 Å². The van der Waals surface area contributed by atoms with Gasteiger partial charge >= 0.3 is 0 Å². The van der Waals surface area contributed by atoms with Crippen molar-refractivity contribution in [1.82, 2.24) is 0 Å². The Kier molecular flexibility index (Phi) is 3.67. The molecular formula is C6H11F. The Balaban J connectivity index is 3.00. The third kappa shape index (κ3) is 3.50. The second kappa shape index (κ2) is 3.85. The van der Waals surface area contributed by atoms with Crippen molar-refractivity contribution in [3.05, 3.63) is 12.2 Å². The van der Waals surface area contributed by atoms with Crippen molar-refractivity contribution < 1.29 is 4.39 Å². The summed E-state index contributed by atoms with van der Waals surface area (Å²) in [6.07, 6.45) is 1.83. The van der Waals surface area contributed by atoms with Gasteiger partial charge in [-0.05, 0) is 12.0 Å². The van der Waals surface area contributed by atoms with E-state index in [0.717, 1.165) is 12.8 Å². The summed E-state index contributed by atoms with van der Waals surface area (Å²) in [5.41, 5.74) is 0.711. The maximum absolute atomic E-state index is 11.5. The lowest BCUT2D eigenvalue weighted by atomic mass is 10.2. The van der Waals surface area contributed by atoms with Crippen LogP contribution in [0.3, 0.4) is 0 Å². The van der Waals surface area contributed by atoms with Gasteiger partial charge < -0.3 is 0 Å². The molecule has 0 nitrogen and oxygen atoms in total. The van der Waals surface area contributed by atoms with Crippen LogP contribution in [0, 0.1) is 0 Å². The zero-order chi connectivity index (χ0) is 5.70. The first-order valence-corrected chi connectivity index (χ1v) is 2.54. The number of hydrogen-bond donors (Lipinski definition) is 0. The summed E-state index contributed by atoms with van der Waals surface area (Å²) in [5, 5.41) is 0. The smallest absolute Gasteiger partial charge is 0.110 e. The van der Waals surface area contributed by atoms with E-state index in [-0.39, 0.29) is 6.67 Å². The molecule has 0 spiro atoms. The van der Waals surface area contributed by atoms with Crippen molar-refractivity contribution in [2.45, 2.75) is 19.8 Å². The van der Waals surface area contributed by atoms with Crippen LogP contribution in [0.2, 0.25) is 0 Å². The summed E-state index contributed by atoms with van der Waals surface area (Å²) in [6, 6.07) is 0. The molecule has 0 heterocycles. The van der Waals surface area contributed by atoms with Crippen molar-refractivity contribution in [3.8, 4) is 0 Å². The average molecular weight is 102 g/mol. The Morgan fingerprint density at radius 1 is 1.71 bits per heavy atom. The van der Waals surface area contributed by atoms with Crippen molar-refractivity contribution in [1.29, 1.82) is 0 Å². The number of alkyl halides is 1. The molecule has 0 rings (SSSR count). The van der Waals surface area contributed by atoms with Crippen LogP contribution in [-0.4, -0.2) is 6.67 Å². The van der Waals surface area contributed by atoms with Crippen molar-refractivity contribution in [3.63, 3.8) is 0 Å². The molecule has 0 aliphatic rings. The molecule has 0 aromatic rings. The Hall–Kier alpha value is -0.330. The zero-order valence-electron chi connectivity index (χ0n) is 4.71. The fourth-order valence-electron chi connectivity index (χ4n) is 0.420. The molecule has 1 heteroatoms. The van der Waals surface area contributed by atoms with E-state index in [4.69, 9.17) is 0 Å². The Morgan fingerprint density at radius 2 is 2.29 bits per heavy atom. The van der Waals surface area contributed by atoms with Crippen molar-refractivity contribution >= 4 is 0 Å². The summed E-state index contributed by atoms with van der Waals surface area (Å²) in [7, 11) is 0. The van der Waals surface area contributed by atoms with Crippen LogP contribution in [0.25, 0.3) is 0 Å². The van der Waals surface area contributed by atoms with E-state index in [1.807, 2.05) is 6.92 Å². The first-order chi connectivity index (χ1) is 3.31. The highest BCUT2D eigenvalue weighted by Gasteiger charge is 1.86. The van der Waals surface area contributed by atoms with Crippen LogP contribution in [-0.2, 0) is 0 Å². The van der Waals surface area contributed by atoms with Gasteiger partial charge in [-0.2, -0.15) is 0 Å². The molecule has 0 radical (unpaired) electrons. The highest BCUT2D eigenvalue weighted by molar-refractivity contribution is 4.92. The summed E-state index contributed by atoms with van der Waals surface area (Å²) >= 11 is 0. The summed E-state index contributed by atoms with van der Waals surface area (Å²) in [6.45, 7) is 5.15. The van der Waals surface area contributed by atoms with E-state index >= 15 is 0 Å². The normalized spacial score (nSPS) is 8.86. The summed E-state index contributed by atoms with van der Waals surface area (Å²) < 4.78 is 11.5. The lowest BCUT2D eigenvalue weighted by Crippen LogP contribution is -1.79. The predicted octanol–water partition coefficient (Wildman–Crippen LogP) is 2.31. The molecular weight excluding hydrogens is 91.1 g/mol. The third-order valence-corrected chi connectivity index (χ3v) is 0.793. The van der Waals surface area contributed by atoms with Crippen molar-refractivity contribution in [2.75, 3.05) is 6.67 Å². The first-order valence-electron chi connectivity index (χ1n) is 2.54. The molecule has 0 saturated heterocycles. The predicted molar refractivity (Wildman–Crippen MR) is 30.0 cm³/mol. The number of rotatable bonds is 3. The van der Waals surface area contributed by atoms with Crippen LogP contribution in [0.1, 0.15) is 19.8 Å². The molecule has 0 aliphatic heterocycles. The van der Waals surface area contributed by atoms with E-state index < -0.39 is 0 Å². The minimum Gasteiger partial charge on any atom is -0.246 e. The van der Waals surface area contributed by atoms with Gasteiger partial charge in [-0.1, -0.05) is 19.9 Å². The molecule has 0 fully saturated rings. The first kappa shape index (κ1) is 6.67. The maximum atomic E-state index is 11.5. The highest BCUT2D eigenvalue weighted by Crippen LogP contribution is 2.00. The number of hydrogen-bond acceptors (Lipinski definition) is 0. The van der Waals surface area contributed by atoms with E-state index in [1.165, 1.54) is 0 Å². The molecule has 0 atom stereocenters. The van der Waals surface area contributed by atoms with Crippen LogP contribution in [0.5, 0.6) is 0 Å². The number of allylic oxidation sites excluding steroid dienone is 1. The lowest BCUT2D eigenvalue weighted by molar-refractivity contribution is 0.531. The Labute approximate surface area is 44.0 Å². The van der Waals surface area contributed by atoms with Crippen molar-refractivity contribution in [2.24, 2.45) is 0 Å². The second-order valence-corrected chi connectivity index (χ2v) is 1.63. The van der Waals surface area contributed by atoms with Gasteiger partial charge in [-0.15, -0.1) is 0 Å². The summed E-state index contributed by atoms with van der Waals surface area (Å²) in [5.74, 6) is 0. The van der Waals surface area contributed by atoms with Gasteiger partial charge in [-0.3, -0.25) is 0 Å². The maximum Gasteiger partial charge on any atom is 0.110 e. The van der Waals surface area contributed by atoms with Gasteiger partial charge in [-0.25, -0.2) is 4.39 Å². The SMILES string of the molecule is C=C(CF)CCC. The molecule has 42 valence electrons. The Bertz CT molecular complexity index is 57.2. The van der Waals surface area contributed by atoms with Crippen LogP contribution >= 0.6 is 0 Å². The molecule has 0 aromatic heterocycles. The van der Waals surface area contributed by atoms with Gasteiger partial charge in [0.25, 0.3) is 0 Å². The second-order valence-electron chi connectivity index (χ2n) is 1.63.